The second-order valence-corrected chi connectivity index (χ2v) is 4.95. The van der Waals surface area contributed by atoms with E-state index in [4.69, 9.17) is 9.47 Å². The molecule has 100 valence electrons. The molecule has 0 unspecified atom stereocenters. The van der Waals surface area contributed by atoms with E-state index in [0.717, 1.165) is 0 Å². The van der Waals surface area contributed by atoms with E-state index in [-0.39, 0.29) is 6.61 Å². The molecule has 0 spiro atoms. The molecule has 0 aromatic rings. The minimum Gasteiger partial charge on any atom is -0.456 e. The molecule has 5 heteroatoms. The van der Waals surface area contributed by atoms with Crippen molar-refractivity contribution in [3.05, 3.63) is 24.4 Å². The fraction of sp³-hybridized carbons (Fsp3) is 0.538. The molecule has 0 aromatic heterocycles. The number of carbonyl (C=O) groups is 2. The molecule has 1 aliphatic heterocycles. The average molecular weight is 253 g/mol. The highest BCUT2D eigenvalue weighted by atomic mass is 16.6. The standard InChI is InChI=1S/C13H19NO4/c1-5-6-7-14(10-8-11(15)17-9-10)12(16)18-13(2,3)4/h5,8H,1,6-7,9H2,2-4H3. The molecule has 18 heavy (non-hydrogen) atoms. The molecule has 1 rings (SSSR count). The maximum atomic E-state index is 12.0. The summed E-state index contributed by atoms with van der Waals surface area (Å²) in [5.41, 5.74) is -0.0517. The first kappa shape index (κ1) is 14.3. The lowest BCUT2D eigenvalue weighted by Gasteiger charge is -2.27. The van der Waals surface area contributed by atoms with Crippen molar-refractivity contribution in [3.63, 3.8) is 0 Å². The summed E-state index contributed by atoms with van der Waals surface area (Å²) in [6, 6.07) is 0. The van der Waals surface area contributed by atoms with Gasteiger partial charge < -0.3 is 9.47 Å². The van der Waals surface area contributed by atoms with Gasteiger partial charge in [-0.3, -0.25) is 4.90 Å². The van der Waals surface area contributed by atoms with E-state index in [1.165, 1.54) is 11.0 Å². The van der Waals surface area contributed by atoms with E-state index in [9.17, 15) is 9.59 Å². The van der Waals surface area contributed by atoms with Gasteiger partial charge in [0.25, 0.3) is 0 Å². The highest BCUT2D eigenvalue weighted by molar-refractivity contribution is 5.86. The van der Waals surface area contributed by atoms with Gasteiger partial charge in [0.1, 0.15) is 12.2 Å². The highest BCUT2D eigenvalue weighted by Gasteiger charge is 2.27. The van der Waals surface area contributed by atoms with Gasteiger partial charge in [-0.05, 0) is 27.2 Å². The average Bonchev–Trinajstić information content (AvgIpc) is 2.63. The topological polar surface area (TPSA) is 55.8 Å². The van der Waals surface area contributed by atoms with E-state index in [2.05, 4.69) is 6.58 Å². The summed E-state index contributed by atoms with van der Waals surface area (Å²) < 4.78 is 10.1. The SMILES string of the molecule is C=CCCN(C(=O)OC(C)(C)C)C1=CC(=O)OC1. The van der Waals surface area contributed by atoms with Crippen molar-refractivity contribution in [1.82, 2.24) is 4.90 Å². The van der Waals surface area contributed by atoms with Crippen LogP contribution in [0, 0.1) is 0 Å². The lowest BCUT2D eigenvalue weighted by Crippen LogP contribution is -2.37. The molecule has 0 fully saturated rings. The Hall–Kier alpha value is -1.78. The van der Waals surface area contributed by atoms with Gasteiger partial charge in [-0.15, -0.1) is 6.58 Å². The zero-order valence-electron chi connectivity index (χ0n) is 11.1. The van der Waals surface area contributed by atoms with Crippen molar-refractivity contribution < 1.29 is 19.1 Å². The molecule has 0 N–H and O–H groups in total. The summed E-state index contributed by atoms with van der Waals surface area (Å²) in [4.78, 5) is 24.5. The Bertz CT molecular complexity index is 379. The van der Waals surface area contributed by atoms with E-state index in [0.29, 0.717) is 18.7 Å². The molecule has 1 amide bonds. The van der Waals surface area contributed by atoms with Crippen LogP contribution in [-0.4, -0.2) is 35.7 Å². The van der Waals surface area contributed by atoms with Gasteiger partial charge in [0.15, 0.2) is 0 Å². The summed E-state index contributed by atoms with van der Waals surface area (Å²) in [7, 11) is 0. The number of hydrogen-bond acceptors (Lipinski definition) is 4. The predicted octanol–water partition coefficient (Wildman–Crippen LogP) is 2.24. The number of nitrogens with zero attached hydrogens (tertiary/aromatic N) is 1. The van der Waals surface area contributed by atoms with Crippen LogP contribution in [0.2, 0.25) is 0 Å². The van der Waals surface area contributed by atoms with Gasteiger partial charge in [-0.2, -0.15) is 0 Å². The third kappa shape index (κ3) is 4.24. The molecule has 0 radical (unpaired) electrons. The fourth-order valence-corrected chi connectivity index (χ4v) is 1.41. The lowest BCUT2D eigenvalue weighted by atomic mass is 10.2. The minimum atomic E-state index is -0.576. The van der Waals surface area contributed by atoms with Gasteiger partial charge in [0, 0.05) is 12.6 Å². The zero-order valence-corrected chi connectivity index (χ0v) is 11.1. The molecule has 0 saturated heterocycles. The van der Waals surface area contributed by atoms with Crippen LogP contribution >= 0.6 is 0 Å². The van der Waals surface area contributed by atoms with Gasteiger partial charge in [0.05, 0.1) is 5.70 Å². The Morgan fingerprint density at radius 3 is 2.72 bits per heavy atom. The van der Waals surface area contributed by atoms with Crippen LogP contribution in [0.25, 0.3) is 0 Å². The van der Waals surface area contributed by atoms with Crippen LogP contribution in [0.4, 0.5) is 4.79 Å². The van der Waals surface area contributed by atoms with Crippen LogP contribution < -0.4 is 0 Å². The van der Waals surface area contributed by atoms with Crippen molar-refractivity contribution in [3.8, 4) is 0 Å². The number of rotatable bonds is 4. The van der Waals surface area contributed by atoms with Crippen LogP contribution in [-0.2, 0) is 14.3 Å². The van der Waals surface area contributed by atoms with E-state index in [1.54, 1.807) is 26.8 Å². The Kier molecular flexibility index (Phi) is 4.53. The monoisotopic (exact) mass is 253 g/mol. The third-order valence-electron chi connectivity index (χ3n) is 2.16. The predicted molar refractivity (Wildman–Crippen MR) is 66.8 cm³/mol. The Balaban J connectivity index is 2.78. The van der Waals surface area contributed by atoms with Crippen LogP contribution in [0.5, 0.6) is 0 Å². The summed E-state index contributed by atoms with van der Waals surface area (Å²) >= 11 is 0. The van der Waals surface area contributed by atoms with E-state index < -0.39 is 17.7 Å². The Labute approximate surface area is 107 Å². The molecule has 0 atom stereocenters. The van der Waals surface area contributed by atoms with Gasteiger partial charge in [0.2, 0.25) is 0 Å². The second kappa shape index (κ2) is 5.71. The summed E-state index contributed by atoms with van der Waals surface area (Å²) in [5, 5.41) is 0. The maximum Gasteiger partial charge on any atom is 0.414 e. The highest BCUT2D eigenvalue weighted by Crippen LogP contribution is 2.17. The first-order valence-electron chi connectivity index (χ1n) is 5.82. The van der Waals surface area contributed by atoms with Gasteiger partial charge in [-0.25, -0.2) is 9.59 Å². The number of amides is 1. The minimum absolute atomic E-state index is 0.106. The quantitative estimate of drug-likeness (QED) is 0.569. The van der Waals surface area contributed by atoms with E-state index in [1.807, 2.05) is 0 Å². The first-order chi connectivity index (χ1) is 8.33. The normalized spacial score (nSPS) is 14.8. The first-order valence-corrected chi connectivity index (χ1v) is 5.82. The number of hydrogen-bond donors (Lipinski definition) is 0. The molecule has 0 bridgehead atoms. The molecular weight excluding hydrogens is 234 g/mol. The van der Waals surface area contributed by atoms with Crippen molar-refractivity contribution in [2.45, 2.75) is 32.8 Å². The van der Waals surface area contributed by atoms with Gasteiger partial charge >= 0.3 is 12.1 Å². The van der Waals surface area contributed by atoms with Crippen LogP contribution in [0.3, 0.4) is 0 Å². The smallest absolute Gasteiger partial charge is 0.414 e. The molecule has 5 nitrogen and oxygen atoms in total. The third-order valence-corrected chi connectivity index (χ3v) is 2.16. The molecule has 0 aliphatic carbocycles. The summed E-state index contributed by atoms with van der Waals surface area (Å²) in [6.45, 7) is 9.51. The molecule has 1 heterocycles. The van der Waals surface area contributed by atoms with Crippen LogP contribution in [0.1, 0.15) is 27.2 Å². The number of carbonyl (C=O) groups excluding carboxylic acids is 2. The second-order valence-electron chi connectivity index (χ2n) is 4.95. The Morgan fingerprint density at radius 2 is 2.28 bits per heavy atom. The van der Waals surface area contributed by atoms with Gasteiger partial charge in [-0.1, -0.05) is 6.08 Å². The molecule has 0 saturated carbocycles. The molecule has 1 aliphatic rings. The number of cyclic esters (lactones) is 1. The Morgan fingerprint density at radius 1 is 1.61 bits per heavy atom. The molecular formula is C13H19NO4. The summed E-state index contributed by atoms with van der Waals surface area (Å²) in [6.07, 6.45) is 3.15. The van der Waals surface area contributed by atoms with Crippen LogP contribution in [0.15, 0.2) is 24.4 Å². The van der Waals surface area contributed by atoms with Crippen molar-refractivity contribution >= 4 is 12.1 Å². The zero-order chi connectivity index (χ0) is 13.8. The van der Waals surface area contributed by atoms with Crippen molar-refractivity contribution in [2.24, 2.45) is 0 Å². The maximum absolute atomic E-state index is 12.0. The molecule has 0 aromatic carbocycles. The lowest BCUT2D eigenvalue weighted by molar-refractivity contribution is -0.135. The number of esters is 1. The summed E-state index contributed by atoms with van der Waals surface area (Å²) in [5.74, 6) is -0.433. The number of ether oxygens (including phenoxy) is 2. The largest absolute Gasteiger partial charge is 0.456 e. The van der Waals surface area contributed by atoms with E-state index >= 15 is 0 Å². The van der Waals surface area contributed by atoms with Crippen molar-refractivity contribution in [2.75, 3.05) is 13.2 Å². The van der Waals surface area contributed by atoms with Crippen molar-refractivity contribution in [1.29, 1.82) is 0 Å². The fourth-order valence-electron chi connectivity index (χ4n) is 1.41.